The summed E-state index contributed by atoms with van der Waals surface area (Å²) in [4.78, 5) is 25.8. The molecule has 11 nitrogen and oxygen atoms in total. The summed E-state index contributed by atoms with van der Waals surface area (Å²) in [7, 11) is -3.43. The first kappa shape index (κ1) is 23.5. The lowest BCUT2D eigenvalue weighted by Gasteiger charge is -2.31. The van der Waals surface area contributed by atoms with Crippen LogP contribution in [0.3, 0.4) is 0 Å². The molecule has 174 valence electrons. The van der Waals surface area contributed by atoms with Crippen LogP contribution in [0.15, 0.2) is 23.5 Å². The van der Waals surface area contributed by atoms with Crippen LogP contribution in [-0.2, 0) is 14.6 Å². The van der Waals surface area contributed by atoms with Crippen LogP contribution in [-0.4, -0.2) is 71.0 Å². The number of likely N-dealkylation sites (tertiary alicyclic amines) is 1. The Morgan fingerprint density at radius 1 is 1.25 bits per heavy atom. The Kier molecular flexibility index (Phi) is 7.02. The van der Waals surface area contributed by atoms with Crippen LogP contribution in [0, 0.1) is 6.92 Å². The number of pyridine rings is 1. The number of aryl methyl sites for hydroxylation is 1. The van der Waals surface area contributed by atoms with E-state index in [1.807, 2.05) is 0 Å². The van der Waals surface area contributed by atoms with Crippen molar-refractivity contribution < 1.29 is 27.8 Å². The third kappa shape index (κ3) is 5.75. The van der Waals surface area contributed by atoms with Crippen LogP contribution in [0.25, 0.3) is 0 Å². The predicted octanol–water partition coefficient (Wildman–Crippen LogP) is 2.42. The number of rotatable bonds is 6. The molecule has 2 aromatic rings. The number of nitrogens with zero attached hydrogens (tertiary/aromatic N) is 4. The third-order valence-electron chi connectivity index (χ3n) is 4.80. The number of piperidine rings is 1. The minimum Gasteiger partial charge on any atom is -0.501 e. The van der Waals surface area contributed by atoms with Gasteiger partial charge in [0, 0.05) is 32.2 Å². The molecule has 2 N–H and O–H groups in total. The Hall–Kier alpha value is -3.15. The van der Waals surface area contributed by atoms with Crippen molar-refractivity contribution >= 4 is 27.4 Å². The Morgan fingerprint density at radius 3 is 2.53 bits per heavy atom. The number of carbonyl (C=O) groups excluding carboxylic acids is 1. The lowest BCUT2D eigenvalue weighted by molar-refractivity contribution is 0.0500. The van der Waals surface area contributed by atoms with E-state index in [1.54, 1.807) is 31.7 Å². The average molecular weight is 466 g/mol. The zero-order valence-corrected chi connectivity index (χ0v) is 19.2. The van der Waals surface area contributed by atoms with E-state index in [0.717, 1.165) is 6.26 Å². The Morgan fingerprint density at radius 2 is 1.94 bits per heavy atom. The van der Waals surface area contributed by atoms with E-state index in [9.17, 15) is 18.3 Å². The van der Waals surface area contributed by atoms with E-state index in [1.165, 1.54) is 12.4 Å². The van der Waals surface area contributed by atoms with E-state index in [0.29, 0.717) is 37.3 Å². The van der Waals surface area contributed by atoms with Gasteiger partial charge in [-0.1, -0.05) is 0 Å². The molecule has 0 unspecified atom stereocenters. The summed E-state index contributed by atoms with van der Waals surface area (Å²) >= 11 is 0. The number of aromatic hydroxyl groups is 1. The molecular formula is C20H27N5O6S. The van der Waals surface area contributed by atoms with Crippen LogP contribution >= 0.6 is 0 Å². The lowest BCUT2D eigenvalue weighted by atomic mass is 10.1. The van der Waals surface area contributed by atoms with Crippen LogP contribution in [0.2, 0.25) is 0 Å². The molecule has 1 aliphatic rings. The van der Waals surface area contributed by atoms with Crippen LogP contribution in [0.1, 0.15) is 32.4 Å². The van der Waals surface area contributed by atoms with Gasteiger partial charge in [0.05, 0.1) is 17.5 Å². The minimum atomic E-state index is -3.43. The highest BCUT2D eigenvalue weighted by Crippen LogP contribution is 2.34. The first-order chi connectivity index (χ1) is 15.0. The fourth-order valence-electron chi connectivity index (χ4n) is 3.13. The molecule has 1 aliphatic heterocycles. The molecule has 3 heterocycles. The summed E-state index contributed by atoms with van der Waals surface area (Å²) in [6.07, 6.45) is 2.70. The molecule has 1 saturated heterocycles. The van der Waals surface area contributed by atoms with E-state index < -0.39 is 9.84 Å². The second-order valence-corrected chi connectivity index (χ2v) is 9.76. The third-order valence-corrected chi connectivity index (χ3v) is 5.78. The molecule has 1 fully saturated rings. The maximum absolute atomic E-state index is 12.0. The van der Waals surface area contributed by atoms with Gasteiger partial charge in [0.2, 0.25) is 5.75 Å². The number of anilines is 2. The van der Waals surface area contributed by atoms with Gasteiger partial charge in [0.25, 0.3) is 5.88 Å². The fourth-order valence-corrected chi connectivity index (χ4v) is 3.75. The summed E-state index contributed by atoms with van der Waals surface area (Å²) in [6.45, 7) is 6.20. The normalized spacial score (nSPS) is 15.0. The SMILES string of the molecule is Cc1nc(S(C)(=O)=O)ccc1Nc1ncnc(OC2CCN(C(=O)OC(C)C)CC2)c1O. The zero-order valence-electron chi connectivity index (χ0n) is 18.4. The van der Waals surface area contributed by atoms with Crippen molar-refractivity contribution in [3.8, 4) is 11.6 Å². The topological polar surface area (TPSA) is 144 Å². The van der Waals surface area contributed by atoms with Gasteiger partial charge >= 0.3 is 6.09 Å². The maximum Gasteiger partial charge on any atom is 0.410 e. The molecule has 2 aromatic heterocycles. The van der Waals surface area contributed by atoms with E-state index in [4.69, 9.17) is 9.47 Å². The van der Waals surface area contributed by atoms with Crippen LogP contribution < -0.4 is 10.1 Å². The summed E-state index contributed by atoms with van der Waals surface area (Å²) in [5.74, 6) is -0.158. The number of carbonyl (C=O) groups is 1. The van der Waals surface area contributed by atoms with Gasteiger partial charge in [-0.2, -0.15) is 4.98 Å². The molecule has 0 radical (unpaired) electrons. The van der Waals surface area contributed by atoms with E-state index in [-0.39, 0.29) is 40.8 Å². The number of nitrogens with one attached hydrogen (secondary N) is 1. The van der Waals surface area contributed by atoms with E-state index in [2.05, 4.69) is 20.3 Å². The van der Waals surface area contributed by atoms with Crippen molar-refractivity contribution in [3.05, 3.63) is 24.2 Å². The Bertz CT molecular complexity index is 1080. The summed E-state index contributed by atoms with van der Waals surface area (Å²) in [5.41, 5.74) is 0.906. The van der Waals surface area contributed by atoms with Crippen LogP contribution in [0.4, 0.5) is 16.3 Å². The van der Waals surface area contributed by atoms with Crippen molar-refractivity contribution in [1.82, 2.24) is 19.9 Å². The van der Waals surface area contributed by atoms with Gasteiger partial charge in [0.15, 0.2) is 20.7 Å². The lowest BCUT2D eigenvalue weighted by Crippen LogP contribution is -2.42. The summed E-state index contributed by atoms with van der Waals surface area (Å²) < 4.78 is 34.4. The van der Waals surface area contributed by atoms with Gasteiger partial charge < -0.3 is 24.8 Å². The standard InChI is InChI=1S/C20H27N5O6S/c1-12(2)30-20(27)25-9-7-14(8-10-25)31-19-17(26)18(21-11-22-19)24-15-5-6-16(23-13(15)3)32(4,28)29/h5-6,11-12,14,26H,7-10H2,1-4H3,(H,21,22,24). The fraction of sp³-hybridized carbons (Fsp3) is 0.500. The smallest absolute Gasteiger partial charge is 0.410 e. The molecule has 1 amide bonds. The number of sulfone groups is 1. The molecule has 0 aliphatic carbocycles. The Labute approximate surface area is 186 Å². The number of hydrogen-bond donors (Lipinski definition) is 2. The van der Waals surface area contributed by atoms with E-state index >= 15 is 0 Å². The first-order valence-corrected chi connectivity index (χ1v) is 12.0. The quantitative estimate of drug-likeness (QED) is 0.652. The molecule has 0 atom stereocenters. The van der Waals surface area contributed by atoms with Gasteiger partial charge in [-0.05, 0) is 32.9 Å². The molecule has 0 bridgehead atoms. The number of hydrogen-bond acceptors (Lipinski definition) is 10. The molecule has 3 rings (SSSR count). The van der Waals surface area contributed by atoms with Gasteiger partial charge in [-0.15, -0.1) is 0 Å². The summed E-state index contributed by atoms with van der Waals surface area (Å²) in [6, 6.07) is 2.92. The second kappa shape index (κ2) is 9.55. The monoisotopic (exact) mass is 465 g/mol. The van der Waals surface area contributed by atoms with Crippen molar-refractivity contribution in [2.45, 2.75) is 50.8 Å². The molecule has 0 saturated carbocycles. The largest absolute Gasteiger partial charge is 0.501 e. The highest BCUT2D eigenvalue weighted by molar-refractivity contribution is 7.90. The summed E-state index contributed by atoms with van der Waals surface area (Å²) in [5, 5.41) is 13.5. The minimum absolute atomic E-state index is 0.0177. The molecule has 12 heteroatoms. The second-order valence-electron chi connectivity index (χ2n) is 7.79. The molecule has 32 heavy (non-hydrogen) atoms. The number of ether oxygens (including phenoxy) is 2. The van der Waals surface area contributed by atoms with Gasteiger partial charge in [0.1, 0.15) is 12.4 Å². The van der Waals surface area contributed by atoms with Gasteiger partial charge in [-0.25, -0.2) is 23.2 Å². The van der Waals surface area contributed by atoms with Crippen molar-refractivity contribution in [3.63, 3.8) is 0 Å². The number of aromatic nitrogens is 3. The van der Waals surface area contributed by atoms with Crippen molar-refractivity contribution in [2.24, 2.45) is 0 Å². The highest BCUT2D eigenvalue weighted by atomic mass is 32.2. The van der Waals surface area contributed by atoms with Gasteiger partial charge in [-0.3, -0.25) is 0 Å². The predicted molar refractivity (Wildman–Crippen MR) is 116 cm³/mol. The maximum atomic E-state index is 12.0. The number of amides is 1. The molecule has 0 aromatic carbocycles. The van der Waals surface area contributed by atoms with Crippen LogP contribution in [0.5, 0.6) is 11.6 Å². The average Bonchev–Trinajstić information content (AvgIpc) is 2.71. The molecule has 0 spiro atoms. The first-order valence-electron chi connectivity index (χ1n) is 10.2. The Balaban J connectivity index is 1.66. The molecular weight excluding hydrogens is 438 g/mol. The van der Waals surface area contributed by atoms with Crippen molar-refractivity contribution in [2.75, 3.05) is 24.7 Å². The van der Waals surface area contributed by atoms with Crippen molar-refractivity contribution in [1.29, 1.82) is 0 Å². The zero-order chi connectivity index (χ0) is 23.5. The highest BCUT2D eigenvalue weighted by Gasteiger charge is 2.27.